The van der Waals surface area contributed by atoms with Crippen LogP contribution in [0.4, 0.5) is 0 Å². The largest absolute Gasteiger partial charge is 0.507 e. The topological polar surface area (TPSA) is 29.5 Å². The number of aryl methyl sites for hydroxylation is 2. The van der Waals surface area contributed by atoms with Gasteiger partial charge in [0.1, 0.15) is 11.5 Å². The van der Waals surface area contributed by atoms with Gasteiger partial charge in [-0.3, -0.25) is 0 Å². The maximum atomic E-state index is 9.91. The summed E-state index contributed by atoms with van der Waals surface area (Å²) < 4.78 is 5.24. The molecule has 0 saturated carbocycles. The molecule has 2 aromatic carbocycles. The van der Waals surface area contributed by atoms with Gasteiger partial charge in [-0.1, -0.05) is 12.1 Å². The van der Waals surface area contributed by atoms with Gasteiger partial charge in [-0.2, -0.15) is 0 Å². The van der Waals surface area contributed by atoms with E-state index in [2.05, 4.69) is 0 Å². The van der Waals surface area contributed by atoms with Crippen molar-refractivity contribution in [2.45, 2.75) is 13.8 Å². The molecule has 0 amide bonds. The first-order chi connectivity index (χ1) is 7.13. The lowest BCUT2D eigenvalue weighted by molar-refractivity contribution is 0.412. The molecular formula is C13H14O2. The number of aromatic hydroxyl groups is 1. The van der Waals surface area contributed by atoms with Crippen molar-refractivity contribution in [3.05, 3.63) is 35.4 Å². The lowest BCUT2D eigenvalue weighted by Gasteiger charge is -2.09. The fraction of sp³-hybridized carbons (Fsp3) is 0.231. The van der Waals surface area contributed by atoms with Crippen LogP contribution in [-0.2, 0) is 0 Å². The first-order valence-corrected chi connectivity index (χ1v) is 4.90. The second-order valence-electron chi connectivity index (χ2n) is 3.77. The summed E-state index contributed by atoms with van der Waals surface area (Å²) in [6.45, 7) is 3.89. The van der Waals surface area contributed by atoms with E-state index in [-0.39, 0.29) is 0 Å². The summed E-state index contributed by atoms with van der Waals surface area (Å²) in [4.78, 5) is 0. The number of phenols is 1. The Kier molecular flexibility index (Phi) is 2.27. The Labute approximate surface area is 89.1 Å². The van der Waals surface area contributed by atoms with Crippen molar-refractivity contribution in [1.82, 2.24) is 0 Å². The van der Waals surface area contributed by atoms with Crippen LogP contribution in [0.3, 0.4) is 0 Å². The standard InChI is InChI=1S/C13H14O2/c1-8-4-5-10-6-9(2)12(15-3)7-11(10)13(8)14/h4-7,14H,1-3H3. The molecule has 0 aliphatic rings. The summed E-state index contributed by atoms with van der Waals surface area (Å²) in [6.07, 6.45) is 0. The molecule has 0 spiro atoms. The Morgan fingerprint density at radius 1 is 1.07 bits per heavy atom. The van der Waals surface area contributed by atoms with E-state index in [0.717, 1.165) is 27.6 Å². The highest BCUT2D eigenvalue weighted by Gasteiger charge is 2.06. The van der Waals surface area contributed by atoms with E-state index in [9.17, 15) is 5.11 Å². The van der Waals surface area contributed by atoms with Gasteiger partial charge in [0.25, 0.3) is 0 Å². The van der Waals surface area contributed by atoms with Gasteiger partial charge in [-0.15, -0.1) is 0 Å². The molecule has 0 saturated heterocycles. The van der Waals surface area contributed by atoms with Gasteiger partial charge in [0.05, 0.1) is 7.11 Å². The average Bonchev–Trinajstić information content (AvgIpc) is 2.23. The number of phenolic OH excluding ortho intramolecular Hbond substituents is 1. The molecule has 0 radical (unpaired) electrons. The predicted octanol–water partition coefficient (Wildman–Crippen LogP) is 3.17. The molecule has 0 atom stereocenters. The zero-order valence-electron chi connectivity index (χ0n) is 9.16. The molecule has 78 valence electrons. The molecule has 0 unspecified atom stereocenters. The van der Waals surface area contributed by atoms with Gasteiger partial charge in [0.2, 0.25) is 0 Å². The minimum absolute atomic E-state index is 0.339. The molecule has 0 fully saturated rings. The summed E-state index contributed by atoms with van der Waals surface area (Å²) in [5, 5.41) is 11.8. The molecule has 0 aliphatic carbocycles. The summed E-state index contributed by atoms with van der Waals surface area (Å²) in [6, 6.07) is 7.83. The maximum Gasteiger partial charge on any atom is 0.126 e. The van der Waals surface area contributed by atoms with Crippen molar-refractivity contribution in [2.75, 3.05) is 7.11 Å². The smallest absolute Gasteiger partial charge is 0.126 e. The van der Waals surface area contributed by atoms with Crippen LogP contribution in [0.25, 0.3) is 10.8 Å². The first kappa shape index (κ1) is 9.84. The normalized spacial score (nSPS) is 10.6. The zero-order valence-corrected chi connectivity index (χ0v) is 9.16. The van der Waals surface area contributed by atoms with Crippen molar-refractivity contribution in [1.29, 1.82) is 0 Å². The predicted molar refractivity (Wildman–Crippen MR) is 61.6 cm³/mol. The molecular weight excluding hydrogens is 188 g/mol. The molecule has 2 heteroatoms. The molecule has 0 aromatic heterocycles. The number of fused-ring (bicyclic) bond motifs is 1. The van der Waals surface area contributed by atoms with E-state index in [1.54, 1.807) is 7.11 Å². The second-order valence-corrected chi connectivity index (χ2v) is 3.77. The summed E-state index contributed by atoms with van der Waals surface area (Å²) in [5.74, 6) is 1.15. The van der Waals surface area contributed by atoms with Gasteiger partial charge in [0.15, 0.2) is 0 Å². The van der Waals surface area contributed by atoms with E-state index in [0.29, 0.717) is 5.75 Å². The van der Waals surface area contributed by atoms with Crippen molar-refractivity contribution in [3.8, 4) is 11.5 Å². The molecule has 0 bridgehead atoms. The quantitative estimate of drug-likeness (QED) is 0.769. The van der Waals surface area contributed by atoms with Gasteiger partial charge in [-0.25, -0.2) is 0 Å². The maximum absolute atomic E-state index is 9.91. The van der Waals surface area contributed by atoms with Crippen molar-refractivity contribution in [2.24, 2.45) is 0 Å². The van der Waals surface area contributed by atoms with Crippen LogP contribution < -0.4 is 4.74 Å². The van der Waals surface area contributed by atoms with Crippen molar-refractivity contribution in [3.63, 3.8) is 0 Å². The minimum atomic E-state index is 0.339. The first-order valence-electron chi connectivity index (χ1n) is 4.90. The van der Waals surface area contributed by atoms with Crippen LogP contribution in [0.2, 0.25) is 0 Å². The third-order valence-corrected chi connectivity index (χ3v) is 2.71. The molecule has 1 N–H and O–H groups in total. The lowest BCUT2D eigenvalue weighted by Crippen LogP contribution is -1.88. The molecule has 2 rings (SSSR count). The van der Waals surface area contributed by atoms with Gasteiger partial charge < -0.3 is 9.84 Å². The monoisotopic (exact) mass is 202 g/mol. The fourth-order valence-corrected chi connectivity index (χ4v) is 1.78. The number of methoxy groups -OCH3 is 1. The summed E-state index contributed by atoms with van der Waals surface area (Å²) in [5.41, 5.74) is 1.96. The van der Waals surface area contributed by atoms with Gasteiger partial charge in [-0.05, 0) is 42.5 Å². The van der Waals surface area contributed by atoms with Crippen molar-refractivity contribution >= 4 is 10.8 Å². The Morgan fingerprint density at radius 3 is 2.47 bits per heavy atom. The highest BCUT2D eigenvalue weighted by Crippen LogP contribution is 2.33. The summed E-state index contributed by atoms with van der Waals surface area (Å²) in [7, 11) is 1.64. The number of ether oxygens (including phenoxy) is 1. The van der Waals surface area contributed by atoms with Crippen LogP contribution in [0.1, 0.15) is 11.1 Å². The van der Waals surface area contributed by atoms with Gasteiger partial charge >= 0.3 is 0 Å². The van der Waals surface area contributed by atoms with Crippen LogP contribution in [0.15, 0.2) is 24.3 Å². The van der Waals surface area contributed by atoms with E-state index >= 15 is 0 Å². The van der Waals surface area contributed by atoms with E-state index in [1.807, 2.05) is 38.1 Å². The molecule has 0 heterocycles. The summed E-state index contributed by atoms with van der Waals surface area (Å²) >= 11 is 0. The second kappa shape index (κ2) is 3.46. The van der Waals surface area contributed by atoms with Crippen LogP contribution in [0, 0.1) is 13.8 Å². The highest BCUT2D eigenvalue weighted by atomic mass is 16.5. The Morgan fingerprint density at radius 2 is 1.80 bits per heavy atom. The number of hydrogen-bond donors (Lipinski definition) is 1. The molecule has 0 aliphatic heterocycles. The Balaban J connectivity index is 2.82. The molecule has 2 aromatic rings. The Hall–Kier alpha value is -1.70. The third-order valence-electron chi connectivity index (χ3n) is 2.71. The zero-order chi connectivity index (χ0) is 11.0. The van der Waals surface area contributed by atoms with Crippen molar-refractivity contribution < 1.29 is 9.84 Å². The van der Waals surface area contributed by atoms with E-state index in [1.165, 1.54) is 0 Å². The SMILES string of the molecule is COc1cc2c(O)c(C)ccc2cc1C. The fourth-order valence-electron chi connectivity index (χ4n) is 1.78. The third kappa shape index (κ3) is 1.52. The van der Waals surface area contributed by atoms with E-state index < -0.39 is 0 Å². The van der Waals surface area contributed by atoms with Crippen LogP contribution in [0.5, 0.6) is 11.5 Å². The Bertz CT molecular complexity index is 515. The average molecular weight is 202 g/mol. The van der Waals surface area contributed by atoms with Crippen LogP contribution in [-0.4, -0.2) is 12.2 Å². The highest BCUT2D eigenvalue weighted by molar-refractivity contribution is 5.91. The number of benzene rings is 2. The van der Waals surface area contributed by atoms with Gasteiger partial charge in [0, 0.05) is 5.39 Å². The minimum Gasteiger partial charge on any atom is -0.507 e. The lowest BCUT2D eigenvalue weighted by atomic mass is 10.0. The molecule has 15 heavy (non-hydrogen) atoms. The van der Waals surface area contributed by atoms with E-state index in [4.69, 9.17) is 4.74 Å². The molecule has 2 nitrogen and oxygen atoms in total. The van der Waals surface area contributed by atoms with Crippen LogP contribution >= 0.6 is 0 Å². The number of rotatable bonds is 1. The number of hydrogen-bond acceptors (Lipinski definition) is 2.